The SMILES string of the molecule is CC=CC=CC(=O)OC12CC3CC(CC(C3)C1)C2. The van der Waals surface area contributed by atoms with Crippen molar-refractivity contribution < 1.29 is 9.53 Å². The summed E-state index contributed by atoms with van der Waals surface area (Å²) < 4.78 is 5.84. The standard InChI is InChI=1S/C16H22O2/c1-2-3-4-5-15(17)18-16-9-12-6-13(10-16)8-14(7-12)11-16/h2-5,12-14H,6-11H2,1H3. The third-order valence-electron chi connectivity index (χ3n) is 4.84. The maximum atomic E-state index is 11.9. The molecule has 0 unspecified atom stereocenters. The van der Waals surface area contributed by atoms with Crippen LogP contribution in [0.3, 0.4) is 0 Å². The lowest BCUT2D eigenvalue weighted by atomic mass is 9.54. The summed E-state index contributed by atoms with van der Waals surface area (Å²) in [4.78, 5) is 11.9. The molecule has 0 spiro atoms. The van der Waals surface area contributed by atoms with Crippen LogP contribution in [0.15, 0.2) is 24.3 Å². The van der Waals surface area contributed by atoms with Crippen molar-refractivity contribution in [1.29, 1.82) is 0 Å². The topological polar surface area (TPSA) is 26.3 Å². The van der Waals surface area contributed by atoms with E-state index in [0.717, 1.165) is 37.0 Å². The Kier molecular flexibility index (Phi) is 3.04. The number of carbonyl (C=O) groups excluding carboxylic acids is 1. The fourth-order valence-corrected chi connectivity index (χ4v) is 4.65. The van der Waals surface area contributed by atoms with Gasteiger partial charge >= 0.3 is 5.97 Å². The Morgan fingerprint density at radius 1 is 1.06 bits per heavy atom. The second-order valence-electron chi connectivity index (χ2n) is 6.41. The maximum Gasteiger partial charge on any atom is 0.331 e. The van der Waals surface area contributed by atoms with Crippen molar-refractivity contribution in [2.45, 2.75) is 51.0 Å². The molecule has 4 fully saturated rings. The van der Waals surface area contributed by atoms with E-state index in [-0.39, 0.29) is 11.6 Å². The monoisotopic (exact) mass is 246 g/mol. The summed E-state index contributed by atoms with van der Waals surface area (Å²) in [6.07, 6.45) is 14.6. The van der Waals surface area contributed by atoms with Gasteiger partial charge in [-0.05, 0) is 63.2 Å². The molecule has 0 amide bonds. The normalized spacial score (nSPS) is 41.9. The molecule has 4 aliphatic carbocycles. The van der Waals surface area contributed by atoms with Gasteiger partial charge in [0.2, 0.25) is 0 Å². The lowest BCUT2D eigenvalue weighted by molar-refractivity contribution is -0.181. The van der Waals surface area contributed by atoms with Crippen molar-refractivity contribution in [3.8, 4) is 0 Å². The van der Waals surface area contributed by atoms with E-state index >= 15 is 0 Å². The molecule has 0 aliphatic heterocycles. The van der Waals surface area contributed by atoms with Crippen LogP contribution in [0.5, 0.6) is 0 Å². The van der Waals surface area contributed by atoms with Gasteiger partial charge in [-0.25, -0.2) is 4.79 Å². The van der Waals surface area contributed by atoms with Crippen LogP contribution in [0.25, 0.3) is 0 Å². The molecule has 0 N–H and O–H groups in total. The molecule has 0 saturated heterocycles. The van der Waals surface area contributed by atoms with Gasteiger partial charge in [-0.1, -0.05) is 18.2 Å². The van der Waals surface area contributed by atoms with Crippen LogP contribution in [-0.2, 0) is 9.53 Å². The van der Waals surface area contributed by atoms with E-state index in [1.54, 1.807) is 12.2 Å². The van der Waals surface area contributed by atoms with E-state index in [0.29, 0.717) is 0 Å². The molecule has 0 atom stereocenters. The summed E-state index contributed by atoms with van der Waals surface area (Å²) in [6.45, 7) is 1.94. The Bertz CT molecular complexity index is 357. The Morgan fingerprint density at radius 2 is 1.61 bits per heavy atom. The molecule has 98 valence electrons. The minimum Gasteiger partial charge on any atom is -0.456 e. The van der Waals surface area contributed by atoms with E-state index < -0.39 is 0 Å². The summed E-state index contributed by atoms with van der Waals surface area (Å²) in [7, 11) is 0. The number of esters is 1. The van der Waals surface area contributed by atoms with Crippen molar-refractivity contribution in [2.24, 2.45) is 17.8 Å². The maximum absolute atomic E-state index is 11.9. The number of carbonyl (C=O) groups is 1. The Labute approximate surface area is 109 Å². The average Bonchev–Trinajstić information content (AvgIpc) is 2.26. The molecule has 0 radical (unpaired) electrons. The average molecular weight is 246 g/mol. The van der Waals surface area contributed by atoms with E-state index in [2.05, 4.69) is 0 Å². The first kappa shape index (κ1) is 12.0. The predicted octanol–water partition coefficient (Wildman–Crippen LogP) is 3.63. The molecule has 4 bridgehead atoms. The van der Waals surface area contributed by atoms with E-state index in [1.807, 2.05) is 19.1 Å². The zero-order chi connectivity index (χ0) is 12.6. The number of ether oxygens (including phenoxy) is 1. The van der Waals surface area contributed by atoms with Gasteiger partial charge in [0.15, 0.2) is 0 Å². The number of hydrogen-bond acceptors (Lipinski definition) is 2. The summed E-state index contributed by atoms with van der Waals surface area (Å²) >= 11 is 0. The first-order chi connectivity index (χ1) is 8.69. The lowest BCUT2D eigenvalue weighted by Crippen LogP contribution is -2.52. The highest BCUT2D eigenvalue weighted by Crippen LogP contribution is 2.57. The van der Waals surface area contributed by atoms with Crippen molar-refractivity contribution >= 4 is 5.97 Å². The molecule has 2 nitrogen and oxygen atoms in total. The highest BCUT2D eigenvalue weighted by molar-refractivity contribution is 5.82. The molecule has 4 rings (SSSR count). The molecule has 0 aromatic heterocycles. The highest BCUT2D eigenvalue weighted by atomic mass is 16.6. The third kappa shape index (κ3) is 2.25. The minimum atomic E-state index is -0.157. The lowest BCUT2D eigenvalue weighted by Gasteiger charge is -2.55. The van der Waals surface area contributed by atoms with Crippen LogP contribution in [0, 0.1) is 17.8 Å². The van der Waals surface area contributed by atoms with Gasteiger partial charge in [-0.3, -0.25) is 0 Å². The summed E-state index contributed by atoms with van der Waals surface area (Å²) in [6, 6.07) is 0. The van der Waals surface area contributed by atoms with Crippen LogP contribution in [-0.4, -0.2) is 11.6 Å². The first-order valence-corrected chi connectivity index (χ1v) is 7.21. The van der Waals surface area contributed by atoms with Crippen LogP contribution in [0.4, 0.5) is 0 Å². The van der Waals surface area contributed by atoms with Gasteiger partial charge in [0, 0.05) is 6.08 Å². The van der Waals surface area contributed by atoms with Crippen LogP contribution in [0.2, 0.25) is 0 Å². The Morgan fingerprint density at radius 3 is 2.11 bits per heavy atom. The van der Waals surface area contributed by atoms with E-state index in [9.17, 15) is 4.79 Å². The molecular weight excluding hydrogens is 224 g/mol. The molecule has 2 heteroatoms. The Hall–Kier alpha value is -1.05. The van der Waals surface area contributed by atoms with Gasteiger partial charge in [0.05, 0.1) is 0 Å². The zero-order valence-electron chi connectivity index (χ0n) is 11.1. The van der Waals surface area contributed by atoms with Crippen molar-refractivity contribution in [2.75, 3.05) is 0 Å². The molecule has 4 saturated carbocycles. The van der Waals surface area contributed by atoms with Crippen molar-refractivity contribution in [3.63, 3.8) is 0 Å². The number of allylic oxidation sites excluding steroid dienone is 3. The van der Waals surface area contributed by atoms with Gasteiger partial charge in [-0.2, -0.15) is 0 Å². The largest absolute Gasteiger partial charge is 0.456 e. The summed E-state index contributed by atoms with van der Waals surface area (Å²) in [5.74, 6) is 2.31. The predicted molar refractivity (Wildman–Crippen MR) is 70.9 cm³/mol. The fourth-order valence-electron chi connectivity index (χ4n) is 4.65. The van der Waals surface area contributed by atoms with Crippen LogP contribution in [0.1, 0.15) is 45.4 Å². The molecule has 18 heavy (non-hydrogen) atoms. The van der Waals surface area contributed by atoms with Crippen molar-refractivity contribution in [3.05, 3.63) is 24.3 Å². The van der Waals surface area contributed by atoms with E-state index in [4.69, 9.17) is 4.74 Å². The van der Waals surface area contributed by atoms with Crippen molar-refractivity contribution in [1.82, 2.24) is 0 Å². The smallest absolute Gasteiger partial charge is 0.331 e. The van der Waals surface area contributed by atoms with Gasteiger partial charge in [0.1, 0.15) is 5.60 Å². The molecule has 0 aromatic carbocycles. The minimum absolute atomic E-state index is 0.105. The fraction of sp³-hybridized carbons (Fsp3) is 0.688. The summed E-state index contributed by atoms with van der Waals surface area (Å²) in [5, 5.41) is 0. The highest BCUT2D eigenvalue weighted by Gasteiger charge is 2.52. The number of rotatable bonds is 3. The van der Waals surface area contributed by atoms with Gasteiger partial charge in [-0.15, -0.1) is 0 Å². The second-order valence-corrected chi connectivity index (χ2v) is 6.41. The third-order valence-corrected chi connectivity index (χ3v) is 4.84. The molecular formula is C16H22O2. The van der Waals surface area contributed by atoms with Gasteiger partial charge < -0.3 is 4.74 Å². The van der Waals surface area contributed by atoms with Crippen LogP contribution >= 0.6 is 0 Å². The second kappa shape index (κ2) is 4.56. The molecule has 4 aliphatic rings. The van der Waals surface area contributed by atoms with Gasteiger partial charge in [0.25, 0.3) is 0 Å². The molecule has 0 aromatic rings. The number of hydrogen-bond donors (Lipinski definition) is 0. The summed E-state index contributed by atoms with van der Waals surface area (Å²) in [5.41, 5.74) is -0.105. The quantitative estimate of drug-likeness (QED) is 0.432. The Balaban J connectivity index is 1.67. The molecule has 0 heterocycles. The first-order valence-electron chi connectivity index (χ1n) is 7.21. The van der Waals surface area contributed by atoms with Crippen LogP contribution < -0.4 is 0 Å². The van der Waals surface area contributed by atoms with E-state index in [1.165, 1.54) is 19.3 Å². The zero-order valence-corrected chi connectivity index (χ0v) is 11.1.